The molecular formula is C19H26N2O4. The third-order valence-corrected chi connectivity index (χ3v) is 5.53. The molecule has 2 heterocycles. The molecular weight excluding hydrogens is 320 g/mol. The molecule has 0 aliphatic carbocycles. The Labute approximate surface area is 148 Å². The number of hydrogen-bond donors (Lipinski definition) is 1. The Kier molecular flexibility index (Phi) is 5.27. The van der Waals surface area contributed by atoms with Crippen molar-refractivity contribution < 1.29 is 19.1 Å². The molecule has 6 nitrogen and oxygen atoms in total. The first kappa shape index (κ1) is 17.7. The topological polar surface area (TPSA) is 67.9 Å². The summed E-state index contributed by atoms with van der Waals surface area (Å²) in [4.78, 5) is 27.2. The van der Waals surface area contributed by atoms with Gasteiger partial charge in [-0.2, -0.15) is 0 Å². The average Bonchev–Trinajstić information content (AvgIpc) is 2.61. The van der Waals surface area contributed by atoms with Crippen LogP contribution >= 0.6 is 0 Å². The quantitative estimate of drug-likeness (QED) is 0.848. The van der Waals surface area contributed by atoms with Crippen LogP contribution in [-0.4, -0.2) is 48.7 Å². The molecule has 0 aromatic heterocycles. The van der Waals surface area contributed by atoms with Crippen LogP contribution in [0.4, 0.5) is 4.79 Å². The van der Waals surface area contributed by atoms with Crippen LogP contribution in [0, 0.1) is 0 Å². The predicted octanol–water partition coefficient (Wildman–Crippen LogP) is 2.47. The first-order valence-corrected chi connectivity index (χ1v) is 8.83. The molecule has 6 heteroatoms. The van der Waals surface area contributed by atoms with E-state index in [1.54, 1.807) is 0 Å². The number of carbonyl (C=O) groups excluding carboxylic acids is 2. The number of amides is 1. The largest absolute Gasteiger partial charge is 0.467 e. The Balaban J connectivity index is 1.69. The SMILES string of the molecule is COC(=O)C1(NC(=O)OCc2ccccc2)CC2CCCC(C1)N2C. The molecule has 1 amide bonds. The van der Waals surface area contributed by atoms with Crippen LogP contribution in [0.15, 0.2) is 30.3 Å². The lowest BCUT2D eigenvalue weighted by molar-refractivity contribution is -0.153. The van der Waals surface area contributed by atoms with E-state index >= 15 is 0 Å². The number of hydrogen-bond acceptors (Lipinski definition) is 5. The number of alkyl carbamates (subject to hydrolysis) is 1. The lowest BCUT2D eigenvalue weighted by Crippen LogP contribution is -2.66. The van der Waals surface area contributed by atoms with E-state index in [1.807, 2.05) is 30.3 Å². The first-order chi connectivity index (χ1) is 12.0. The monoisotopic (exact) mass is 346 g/mol. The molecule has 2 atom stereocenters. The minimum atomic E-state index is -0.995. The average molecular weight is 346 g/mol. The van der Waals surface area contributed by atoms with Gasteiger partial charge in [0, 0.05) is 12.1 Å². The Morgan fingerprint density at radius 2 is 1.84 bits per heavy atom. The van der Waals surface area contributed by atoms with Gasteiger partial charge >= 0.3 is 12.1 Å². The molecule has 2 aliphatic heterocycles. The van der Waals surface area contributed by atoms with Gasteiger partial charge in [0.25, 0.3) is 0 Å². The third-order valence-electron chi connectivity index (χ3n) is 5.53. The highest BCUT2D eigenvalue weighted by atomic mass is 16.6. The molecule has 3 rings (SSSR count). The number of nitrogens with one attached hydrogen (secondary N) is 1. The molecule has 0 spiro atoms. The highest BCUT2D eigenvalue weighted by Crippen LogP contribution is 2.39. The van der Waals surface area contributed by atoms with Gasteiger partial charge in [-0.1, -0.05) is 36.8 Å². The van der Waals surface area contributed by atoms with Crippen molar-refractivity contribution in [3.8, 4) is 0 Å². The summed E-state index contributed by atoms with van der Waals surface area (Å²) in [5, 5.41) is 2.84. The number of fused-ring (bicyclic) bond motifs is 2. The summed E-state index contributed by atoms with van der Waals surface area (Å²) in [5.74, 6) is -0.380. The summed E-state index contributed by atoms with van der Waals surface area (Å²) < 4.78 is 10.4. The van der Waals surface area contributed by atoms with Crippen molar-refractivity contribution in [2.24, 2.45) is 0 Å². The zero-order valence-electron chi connectivity index (χ0n) is 14.9. The number of methoxy groups -OCH3 is 1. The number of piperidine rings is 2. The van der Waals surface area contributed by atoms with Crippen LogP contribution in [-0.2, 0) is 20.9 Å². The molecule has 25 heavy (non-hydrogen) atoms. The van der Waals surface area contributed by atoms with Crippen LogP contribution in [0.5, 0.6) is 0 Å². The van der Waals surface area contributed by atoms with Gasteiger partial charge in [0.2, 0.25) is 0 Å². The van der Waals surface area contributed by atoms with E-state index in [9.17, 15) is 9.59 Å². The van der Waals surface area contributed by atoms with Gasteiger partial charge in [0.1, 0.15) is 12.1 Å². The van der Waals surface area contributed by atoms with Gasteiger partial charge < -0.3 is 19.7 Å². The molecule has 2 bridgehead atoms. The van der Waals surface area contributed by atoms with Crippen LogP contribution in [0.25, 0.3) is 0 Å². The van der Waals surface area contributed by atoms with Crippen molar-refractivity contribution >= 4 is 12.1 Å². The normalized spacial score (nSPS) is 28.9. The second-order valence-corrected chi connectivity index (χ2v) is 7.07. The summed E-state index contributed by atoms with van der Waals surface area (Å²) >= 11 is 0. The van der Waals surface area contributed by atoms with E-state index in [0.717, 1.165) is 24.8 Å². The molecule has 2 saturated heterocycles. The summed E-state index contributed by atoms with van der Waals surface area (Å²) in [7, 11) is 3.47. The van der Waals surface area contributed by atoms with E-state index in [-0.39, 0.29) is 24.7 Å². The zero-order chi connectivity index (χ0) is 17.9. The minimum Gasteiger partial charge on any atom is -0.467 e. The lowest BCUT2D eigenvalue weighted by atomic mass is 9.74. The lowest BCUT2D eigenvalue weighted by Gasteiger charge is -2.51. The van der Waals surface area contributed by atoms with Gasteiger partial charge in [-0.15, -0.1) is 0 Å². The summed E-state index contributed by atoms with van der Waals surface area (Å²) in [6.07, 6.45) is 3.78. The van der Waals surface area contributed by atoms with Crippen molar-refractivity contribution in [2.75, 3.05) is 14.2 Å². The number of benzene rings is 1. The van der Waals surface area contributed by atoms with E-state index < -0.39 is 11.6 Å². The first-order valence-electron chi connectivity index (χ1n) is 8.83. The van der Waals surface area contributed by atoms with Gasteiger partial charge in [-0.25, -0.2) is 9.59 Å². The Morgan fingerprint density at radius 1 is 1.20 bits per heavy atom. The smallest absolute Gasteiger partial charge is 0.408 e. The Morgan fingerprint density at radius 3 is 2.44 bits per heavy atom. The van der Waals surface area contributed by atoms with Crippen molar-refractivity contribution in [3.05, 3.63) is 35.9 Å². The van der Waals surface area contributed by atoms with Crippen LogP contribution in [0.1, 0.15) is 37.7 Å². The van der Waals surface area contributed by atoms with Crippen molar-refractivity contribution in [3.63, 3.8) is 0 Å². The van der Waals surface area contributed by atoms with Crippen LogP contribution < -0.4 is 5.32 Å². The summed E-state index contributed by atoms with van der Waals surface area (Å²) in [5.41, 5.74) is -0.0878. The number of rotatable bonds is 4. The molecule has 1 N–H and O–H groups in total. The molecule has 0 saturated carbocycles. The van der Waals surface area contributed by atoms with E-state index in [4.69, 9.17) is 9.47 Å². The molecule has 1 aromatic carbocycles. The fourth-order valence-corrected chi connectivity index (χ4v) is 4.14. The molecule has 136 valence electrons. The van der Waals surface area contributed by atoms with E-state index in [2.05, 4.69) is 17.3 Å². The van der Waals surface area contributed by atoms with Crippen LogP contribution in [0.3, 0.4) is 0 Å². The second-order valence-electron chi connectivity index (χ2n) is 7.07. The maximum atomic E-state index is 12.5. The van der Waals surface area contributed by atoms with Crippen molar-refractivity contribution in [2.45, 2.75) is 56.3 Å². The van der Waals surface area contributed by atoms with E-state index in [1.165, 1.54) is 7.11 Å². The molecule has 1 aromatic rings. The van der Waals surface area contributed by atoms with Gasteiger partial charge in [-0.05, 0) is 38.3 Å². The number of ether oxygens (including phenoxy) is 2. The molecule has 2 fully saturated rings. The highest BCUT2D eigenvalue weighted by molar-refractivity contribution is 5.86. The zero-order valence-corrected chi connectivity index (χ0v) is 14.9. The molecule has 0 radical (unpaired) electrons. The van der Waals surface area contributed by atoms with Gasteiger partial charge in [0.15, 0.2) is 0 Å². The maximum Gasteiger partial charge on any atom is 0.408 e. The summed E-state index contributed by atoms with van der Waals surface area (Å²) in [6, 6.07) is 10.0. The van der Waals surface area contributed by atoms with Crippen molar-refractivity contribution in [1.82, 2.24) is 10.2 Å². The fourth-order valence-electron chi connectivity index (χ4n) is 4.14. The van der Waals surface area contributed by atoms with Gasteiger partial charge in [0.05, 0.1) is 7.11 Å². The summed E-state index contributed by atoms with van der Waals surface area (Å²) in [6.45, 7) is 0.177. The Hall–Kier alpha value is -2.08. The Bertz CT molecular complexity index is 605. The fraction of sp³-hybridized carbons (Fsp3) is 0.579. The predicted molar refractivity (Wildman–Crippen MR) is 92.9 cm³/mol. The van der Waals surface area contributed by atoms with E-state index in [0.29, 0.717) is 12.8 Å². The number of carbonyl (C=O) groups is 2. The number of esters is 1. The van der Waals surface area contributed by atoms with Gasteiger partial charge in [-0.3, -0.25) is 0 Å². The number of nitrogens with zero attached hydrogens (tertiary/aromatic N) is 1. The minimum absolute atomic E-state index is 0.177. The highest BCUT2D eigenvalue weighted by Gasteiger charge is 2.51. The standard InChI is InChI=1S/C19H26N2O4/c1-21-15-9-6-10-16(21)12-19(11-15,17(22)24-2)20-18(23)25-13-14-7-4-3-5-8-14/h3-5,7-8,15-16H,6,9-13H2,1-2H3,(H,20,23). The third kappa shape index (κ3) is 3.79. The maximum absolute atomic E-state index is 12.5. The molecule has 2 aliphatic rings. The molecule has 2 unspecified atom stereocenters. The van der Waals surface area contributed by atoms with Crippen molar-refractivity contribution in [1.29, 1.82) is 0 Å². The second kappa shape index (κ2) is 7.44. The van der Waals surface area contributed by atoms with Crippen LogP contribution in [0.2, 0.25) is 0 Å².